The highest BCUT2D eigenvalue weighted by atomic mass is 19.2. The summed E-state index contributed by atoms with van der Waals surface area (Å²) in [5.41, 5.74) is -0.509. The van der Waals surface area contributed by atoms with E-state index >= 15 is 0 Å². The molecule has 1 aliphatic heterocycles. The van der Waals surface area contributed by atoms with Crippen LogP contribution in [0.2, 0.25) is 0 Å². The number of rotatable bonds is 3. The van der Waals surface area contributed by atoms with Gasteiger partial charge in [-0.25, -0.2) is 13.2 Å². The number of hydrogen-bond acceptors (Lipinski definition) is 3. The summed E-state index contributed by atoms with van der Waals surface area (Å²) in [7, 11) is 1.52. The van der Waals surface area contributed by atoms with Crippen molar-refractivity contribution < 1.29 is 22.7 Å². The molecule has 2 N–H and O–H groups in total. The van der Waals surface area contributed by atoms with Gasteiger partial charge in [-0.2, -0.15) is 0 Å². The van der Waals surface area contributed by atoms with Gasteiger partial charge in [-0.3, -0.25) is 4.79 Å². The zero-order valence-corrected chi connectivity index (χ0v) is 10.2. The van der Waals surface area contributed by atoms with Crippen LogP contribution < -0.4 is 10.6 Å². The first-order chi connectivity index (χ1) is 9.01. The van der Waals surface area contributed by atoms with Gasteiger partial charge in [0.1, 0.15) is 5.82 Å². The third-order valence-corrected chi connectivity index (χ3v) is 2.99. The van der Waals surface area contributed by atoms with Gasteiger partial charge < -0.3 is 15.4 Å². The van der Waals surface area contributed by atoms with Crippen LogP contribution in [0.1, 0.15) is 6.42 Å². The number of carbonyl (C=O) groups is 1. The largest absolute Gasteiger partial charge is 0.380 e. The molecule has 0 bridgehead atoms. The Labute approximate surface area is 107 Å². The molecule has 1 fully saturated rings. The summed E-state index contributed by atoms with van der Waals surface area (Å²) in [6.45, 7) is 0.495. The van der Waals surface area contributed by atoms with E-state index in [0.29, 0.717) is 19.0 Å². The van der Waals surface area contributed by atoms with Gasteiger partial charge >= 0.3 is 0 Å². The molecule has 19 heavy (non-hydrogen) atoms. The highest BCUT2D eigenvalue weighted by Gasteiger charge is 2.30. The second-order valence-electron chi connectivity index (χ2n) is 4.29. The van der Waals surface area contributed by atoms with Crippen LogP contribution in [0, 0.1) is 17.5 Å². The smallest absolute Gasteiger partial charge is 0.241 e. The van der Waals surface area contributed by atoms with Crippen molar-refractivity contribution in [3.05, 3.63) is 29.6 Å². The summed E-state index contributed by atoms with van der Waals surface area (Å²) in [5.74, 6) is -4.13. The molecule has 0 aliphatic carbocycles. The quantitative estimate of drug-likeness (QED) is 0.820. The average Bonchev–Trinajstić information content (AvgIpc) is 2.84. The maximum absolute atomic E-state index is 13.4. The number of anilines is 1. The SMILES string of the molecule is COC1CNC(C(=O)Nc2cc(F)cc(F)c2F)C1. The van der Waals surface area contributed by atoms with Crippen molar-refractivity contribution in [2.24, 2.45) is 0 Å². The van der Waals surface area contributed by atoms with Crippen LogP contribution in [0.4, 0.5) is 18.9 Å². The lowest BCUT2D eigenvalue weighted by atomic mass is 10.2. The Hall–Kier alpha value is -1.60. The molecule has 2 unspecified atom stereocenters. The van der Waals surface area contributed by atoms with Gasteiger partial charge in [0.05, 0.1) is 17.8 Å². The molecular formula is C12H13F3N2O2. The number of ether oxygens (including phenoxy) is 1. The first kappa shape index (κ1) is 13.8. The highest BCUT2D eigenvalue weighted by Crippen LogP contribution is 2.20. The van der Waals surface area contributed by atoms with Gasteiger partial charge in [0.15, 0.2) is 11.6 Å². The molecule has 0 aromatic heterocycles. The summed E-state index contributed by atoms with van der Waals surface area (Å²) in [4.78, 5) is 11.8. The van der Waals surface area contributed by atoms with Crippen molar-refractivity contribution in [2.75, 3.05) is 19.0 Å². The predicted octanol–water partition coefficient (Wildman–Crippen LogP) is 1.42. The zero-order valence-electron chi connectivity index (χ0n) is 10.2. The fourth-order valence-electron chi connectivity index (χ4n) is 1.95. The van der Waals surface area contributed by atoms with Crippen LogP contribution in [-0.4, -0.2) is 31.7 Å². The van der Waals surface area contributed by atoms with Gasteiger partial charge in [0, 0.05) is 25.8 Å². The lowest BCUT2D eigenvalue weighted by Crippen LogP contribution is -2.35. The van der Waals surface area contributed by atoms with Crippen LogP contribution in [0.15, 0.2) is 12.1 Å². The molecule has 1 aromatic carbocycles. The molecule has 2 atom stereocenters. The molecule has 0 saturated carbocycles. The second kappa shape index (κ2) is 5.58. The molecule has 1 saturated heterocycles. The summed E-state index contributed by atoms with van der Waals surface area (Å²) in [6, 6.07) is 0.578. The molecule has 4 nitrogen and oxygen atoms in total. The predicted molar refractivity (Wildman–Crippen MR) is 62.2 cm³/mol. The third kappa shape index (κ3) is 3.05. The van der Waals surface area contributed by atoms with E-state index < -0.39 is 35.1 Å². The van der Waals surface area contributed by atoms with E-state index in [0.717, 1.165) is 6.07 Å². The Balaban J connectivity index is 2.07. The van der Waals surface area contributed by atoms with Crippen LogP contribution in [0.25, 0.3) is 0 Å². The van der Waals surface area contributed by atoms with Crippen molar-refractivity contribution >= 4 is 11.6 Å². The van der Waals surface area contributed by atoms with E-state index in [4.69, 9.17) is 4.74 Å². The fraction of sp³-hybridized carbons (Fsp3) is 0.417. The summed E-state index contributed by atoms with van der Waals surface area (Å²) < 4.78 is 44.4. The van der Waals surface area contributed by atoms with E-state index in [1.165, 1.54) is 7.11 Å². The number of halogens is 3. The molecule has 1 heterocycles. The second-order valence-corrected chi connectivity index (χ2v) is 4.29. The summed E-state index contributed by atoms with van der Waals surface area (Å²) in [6.07, 6.45) is 0.312. The van der Waals surface area contributed by atoms with Crippen molar-refractivity contribution in [3.63, 3.8) is 0 Å². The Morgan fingerprint density at radius 2 is 2.16 bits per heavy atom. The van der Waals surface area contributed by atoms with Crippen LogP contribution in [0.3, 0.4) is 0 Å². The van der Waals surface area contributed by atoms with E-state index in [2.05, 4.69) is 10.6 Å². The minimum Gasteiger partial charge on any atom is -0.380 e. The molecule has 1 aliphatic rings. The molecule has 1 amide bonds. The summed E-state index contributed by atoms with van der Waals surface area (Å²) in [5, 5.41) is 5.05. The molecular weight excluding hydrogens is 261 g/mol. The molecule has 0 radical (unpaired) electrons. The lowest BCUT2D eigenvalue weighted by molar-refractivity contribution is -0.118. The van der Waals surface area contributed by atoms with E-state index in [-0.39, 0.29) is 6.10 Å². The fourth-order valence-corrected chi connectivity index (χ4v) is 1.95. The number of amides is 1. The lowest BCUT2D eigenvalue weighted by Gasteiger charge is -2.12. The zero-order chi connectivity index (χ0) is 14.0. The van der Waals surface area contributed by atoms with Gasteiger partial charge in [-0.15, -0.1) is 0 Å². The highest BCUT2D eigenvalue weighted by molar-refractivity contribution is 5.95. The molecule has 0 spiro atoms. The van der Waals surface area contributed by atoms with Gasteiger partial charge in [-0.1, -0.05) is 0 Å². The Bertz CT molecular complexity index is 496. The monoisotopic (exact) mass is 274 g/mol. The number of nitrogens with one attached hydrogen (secondary N) is 2. The van der Waals surface area contributed by atoms with Crippen molar-refractivity contribution in [1.29, 1.82) is 0 Å². The first-order valence-electron chi connectivity index (χ1n) is 5.73. The van der Waals surface area contributed by atoms with Crippen LogP contribution in [0.5, 0.6) is 0 Å². The Morgan fingerprint density at radius 3 is 2.79 bits per heavy atom. The minimum absolute atomic E-state index is 0.107. The number of methoxy groups -OCH3 is 1. The van der Waals surface area contributed by atoms with Gasteiger partial charge in [0.2, 0.25) is 5.91 Å². The Morgan fingerprint density at radius 1 is 1.42 bits per heavy atom. The number of benzene rings is 1. The van der Waals surface area contributed by atoms with Gasteiger partial charge in [0.25, 0.3) is 0 Å². The Kier molecular flexibility index (Phi) is 4.06. The van der Waals surface area contributed by atoms with E-state index in [1.54, 1.807) is 0 Å². The first-order valence-corrected chi connectivity index (χ1v) is 5.73. The molecule has 1 aromatic rings. The van der Waals surface area contributed by atoms with Gasteiger partial charge in [-0.05, 0) is 6.42 Å². The van der Waals surface area contributed by atoms with Crippen LogP contribution in [-0.2, 0) is 9.53 Å². The van der Waals surface area contributed by atoms with Crippen molar-refractivity contribution in [1.82, 2.24) is 5.32 Å². The van der Waals surface area contributed by atoms with Crippen LogP contribution >= 0.6 is 0 Å². The summed E-state index contributed by atoms with van der Waals surface area (Å²) >= 11 is 0. The maximum atomic E-state index is 13.4. The van der Waals surface area contributed by atoms with E-state index in [1.807, 2.05) is 0 Å². The third-order valence-electron chi connectivity index (χ3n) is 2.99. The standard InChI is InChI=1S/C12H13F3N2O2/c1-19-7-4-10(16-5-7)12(18)17-9-3-6(13)2-8(14)11(9)15/h2-3,7,10,16H,4-5H2,1H3,(H,17,18). The molecule has 2 rings (SSSR count). The molecule has 7 heteroatoms. The average molecular weight is 274 g/mol. The van der Waals surface area contributed by atoms with E-state index in [9.17, 15) is 18.0 Å². The van der Waals surface area contributed by atoms with Crippen molar-refractivity contribution in [2.45, 2.75) is 18.6 Å². The maximum Gasteiger partial charge on any atom is 0.241 e. The molecule has 104 valence electrons. The number of carbonyl (C=O) groups excluding carboxylic acids is 1. The number of hydrogen-bond donors (Lipinski definition) is 2. The van der Waals surface area contributed by atoms with Crippen molar-refractivity contribution in [3.8, 4) is 0 Å². The normalized spacial score (nSPS) is 22.5. The minimum atomic E-state index is -1.34. The topological polar surface area (TPSA) is 50.4 Å².